The van der Waals surface area contributed by atoms with Gasteiger partial charge in [-0.15, -0.1) is 0 Å². The first kappa shape index (κ1) is 7.99. The lowest BCUT2D eigenvalue weighted by Gasteiger charge is -2.02. The highest BCUT2D eigenvalue weighted by molar-refractivity contribution is 6.30. The molecule has 0 bridgehead atoms. The van der Waals surface area contributed by atoms with Gasteiger partial charge in [-0.25, -0.2) is 0 Å². The van der Waals surface area contributed by atoms with Gasteiger partial charge in [0, 0.05) is 5.03 Å². The molecule has 0 saturated carbocycles. The monoisotopic (exact) mass is 134 g/mol. The van der Waals surface area contributed by atoms with E-state index in [1.165, 1.54) is 0 Å². The van der Waals surface area contributed by atoms with Gasteiger partial charge in [0.15, 0.2) is 0 Å². The van der Waals surface area contributed by atoms with Gasteiger partial charge in [-0.05, 0) is 13.3 Å². The summed E-state index contributed by atoms with van der Waals surface area (Å²) < 4.78 is 0. The lowest BCUT2D eigenvalue weighted by atomic mass is 10.2. The SMILES string of the molecule is C/C=C(\Cl)C(O)CC. The first-order valence-corrected chi connectivity index (χ1v) is 3.10. The van der Waals surface area contributed by atoms with E-state index in [9.17, 15) is 0 Å². The van der Waals surface area contributed by atoms with Crippen LogP contribution in [0.15, 0.2) is 11.1 Å². The van der Waals surface area contributed by atoms with E-state index in [0.717, 1.165) is 0 Å². The van der Waals surface area contributed by atoms with E-state index in [0.29, 0.717) is 11.5 Å². The normalized spacial score (nSPS) is 16.2. The van der Waals surface area contributed by atoms with Gasteiger partial charge >= 0.3 is 0 Å². The molecule has 0 saturated heterocycles. The predicted molar refractivity (Wildman–Crippen MR) is 35.9 cm³/mol. The summed E-state index contributed by atoms with van der Waals surface area (Å²) in [6.45, 7) is 3.69. The minimum absolute atomic E-state index is 0.457. The fraction of sp³-hybridized carbons (Fsp3) is 0.667. The van der Waals surface area contributed by atoms with Crippen molar-refractivity contribution in [2.24, 2.45) is 0 Å². The van der Waals surface area contributed by atoms with E-state index in [-0.39, 0.29) is 0 Å². The average Bonchev–Trinajstić information content (AvgIpc) is 1.84. The van der Waals surface area contributed by atoms with Gasteiger partial charge in [0.25, 0.3) is 0 Å². The number of halogens is 1. The molecule has 1 atom stereocenters. The summed E-state index contributed by atoms with van der Waals surface area (Å²) in [5, 5.41) is 9.46. The predicted octanol–water partition coefficient (Wildman–Crippen LogP) is 1.90. The molecule has 0 aromatic rings. The highest BCUT2D eigenvalue weighted by atomic mass is 35.5. The van der Waals surface area contributed by atoms with Crippen LogP contribution in [-0.4, -0.2) is 11.2 Å². The zero-order chi connectivity index (χ0) is 6.57. The molecule has 0 aliphatic rings. The van der Waals surface area contributed by atoms with Crippen LogP contribution in [-0.2, 0) is 0 Å². The Morgan fingerprint density at radius 1 is 1.88 bits per heavy atom. The Balaban J connectivity index is 3.63. The molecule has 0 fully saturated rings. The van der Waals surface area contributed by atoms with Crippen LogP contribution < -0.4 is 0 Å². The van der Waals surface area contributed by atoms with Crippen molar-refractivity contribution >= 4 is 11.6 Å². The fourth-order valence-corrected chi connectivity index (χ4v) is 0.542. The Bertz CT molecular complexity index is 88.5. The standard InChI is InChI=1S/C6H11ClO/c1-3-5(7)6(8)4-2/h3,6,8H,4H2,1-2H3/b5-3-. The Morgan fingerprint density at radius 2 is 2.38 bits per heavy atom. The zero-order valence-electron chi connectivity index (χ0n) is 5.19. The van der Waals surface area contributed by atoms with Gasteiger partial charge in [-0.2, -0.15) is 0 Å². The minimum atomic E-state index is -0.457. The summed E-state index contributed by atoms with van der Waals surface area (Å²) in [6.07, 6.45) is 1.93. The smallest absolute Gasteiger partial charge is 0.0889 e. The molecule has 0 aromatic carbocycles. The molecule has 1 unspecified atom stereocenters. The van der Waals surface area contributed by atoms with Gasteiger partial charge < -0.3 is 5.11 Å². The Labute approximate surface area is 55.0 Å². The van der Waals surface area contributed by atoms with Gasteiger partial charge in [0.1, 0.15) is 0 Å². The molecule has 0 rings (SSSR count). The van der Waals surface area contributed by atoms with Crippen molar-refractivity contribution in [2.45, 2.75) is 26.4 Å². The molecular formula is C6H11ClO. The molecule has 8 heavy (non-hydrogen) atoms. The van der Waals surface area contributed by atoms with Crippen molar-refractivity contribution in [2.75, 3.05) is 0 Å². The first-order chi connectivity index (χ1) is 3.72. The van der Waals surface area contributed by atoms with Crippen molar-refractivity contribution in [3.8, 4) is 0 Å². The highest BCUT2D eigenvalue weighted by Gasteiger charge is 2.01. The van der Waals surface area contributed by atoms with E-state index < -0.39 is 6.10 Å². The van der Waals surface area contributed by atoms with Crippen LogP contribution in [0.2, 0.25) is 0 Å². The highest BCUT2D eigenvalue weighted by Crippen LogP contribution is 2.09. The number of aliphatic hydroxyl groups excluding tert-OH is 1. The number of hydrogen-bond acceptors (Lipinski definition) is 1. The molecule has 0 aliphatic carbocycles. The molecule has 48 valence electrons. The summed E-state index contributed by atoms with van der Waals surface area (Å²) in [4.78, 5) is 0. The van der Waals surface area contributed by atoms with Crippen molar-refractivity contribution in [1.82, 2.24) is 0 Å². The molecular weight excluding hydrogens is 124 g/mol. The van der Waals surface area contributed by atoms with Crippen LogP contribution in [0.25, 0.3) is 0 Å². The van der Waals surface area contributed by atoms with Crippen LogP contribution in [0, 0.1) is 0 Å². The van der Waals surface area contributed by atoms with Crippen LogP contribution in [0.1, 0.15) is 20.3 Å². The van der Waals surface area contributed by atoms with Crippen LogP contribution in [0.3, 0.4) is 0 Å². The fourth-order valence-electron chi connectivity index (χ4n) is 0.387. The molecule has 0 heterocycles. The van der Waals surface area contributed by atoms with Crippen LogP contribution in [0.4, 0.5) is 0 Å². The lowest BCUT2D eigenvalue weighted by Crippen LogP contribution is -2.02. The average molecular weight is 135 g/mol. The lowest BCUT2D eigenvalue weighted by molar-refractivity contribution is 0.214. The second kappa shape index (κ2) is 3.93. The molecule has 0 spiro atoms. The summed E-state index contributed by atoms with van der Waals surface area (Å²) >= 11 is 5.53. The molecule has 0 aliphatic heterocycles. The second-order valence-electron chi connectivity index (χ2n) is 1.60. The Hall–Kier alpha value is -0.0100. The Morgan fingerprint density at radius 3 is 2.50 bits per heavy atom. The molecule has 0 amide bonds. The molecule has 1 N–H and O–H groups in total. The van der Waals surface area contributed by atoms with E-state index in [2.05, 4.69) is 0 Å². The maximum Gasteiger partial charge on any atom is 0.0889 e. The summed E-state index contributed by atoms with van der Waals surface area (Å²) in [5.41, 5.74) is 0. The van der Waals surface area contributed by atoms with E-state index in [1.807, 2.05) is 6.92 Å². The first-order valence-electron chi connectivity index (χ1n) is 2.72. The molecule has 0 radical (unpaired) electrons. The molecule has 1 nitrogen and oxygen atoms in total. The quantitative estimate of drug-likeness (QED) is 0.612. The van der Waals surface area contributed by atoms with Crippen molar-refractivity contribution in [3.63, 3.8) is 0 Å². The number of hydrogen-bond donors (Lipinski definition) is 1. The van der Waals surface area contributed by atoms with Crippen LogP contribution >= 0.6 is 11.6 Å². The summed E-state index contributed by atoms with van der Waals surface area (Å²) in [6, 6.07) is 0. The van der Waals surface area contributed by atoms with Gasteiger partial charge in [0.2, 0.25) is 0 Å². The summed E-state index contributed by atoms with van der Waals surface area (Å²) in [7, 11) is 0. The number of rotatable bonds is 2. The largest absolute Gasteiger partial charge is 0.388 e. The zero-order valence-corrected chi connectivity index (χ0v) is 5.94. The third-order valence-corrected chi connectivity index (χ3v) is 1.45. The van der Waals surface area contributed by atoms with Gasteiger partial charge in [0.05, 0.1) is 6.10 Å². The maximum absolute atomic E-state index is 8.93. The van der Waals surface area contributed by atoms with Crippen molar-refractivity contribution in [3.05, 3.63) is 11.1 Å². The summed E-state index contributed by atoms with van der Waals surface area (Å²) in [5.74, 6) is 0. The number of aliphatic hydroxyl groups is 1. The molecule has 2 heteroatoms. The van der Waals surface area contributed by atoms with Crippen molar-refractivity contribution < 1.29 is 5.11 Å². The minimum Gasteiger partial charge on any atom is -0.388 e. The second-order valence-corrected chi connectivity index (χ2v) is 2.03. The van der Waals surface area contributed by atoms with E-state index >= 15 is 0 Å². The van der Waals surface area contributed by atoms with Crippen molar-refractivity contribution in [1.29, 1.82) is 0 Å². The third kappa shape index (κ3) is 2.34. The topological polar surface area (TPSA) is 20.2 Å². The van der Waals surface area contributed by atoms with Gasteiger partial charge in [-0.3, -0.25) is 0 Å². The third-order valence-electron chi connectivity index (χ3n) is 0.981. The Kier molecular flexibility index (Phi) is 3.92. The number of allylic oxidation sites excluding steroid dienone is 1. The van der Waals surface area contributed by atoms with Gasteiger partial charge in [-0.1, -0.05) is 24.6 Å². The van der Waals surface area contributed by atoms with Crippen LogP contribution in [0.5, 0.6) is 0 Å². The molecule has 0 aromatic heterocycles. The maximum atomic E-state index is 8.93. The van der Waals surface area contributed by atoms with E-state index in [4.69, 9.17) is 16.7 Å². The van der Waals surface area contributed by atoms with E-state index in [1.54, 1.807) is 13.0 Å².